The topological polar surface area (TPSA) is 41.5 Å². The second kappa shape index (κ2) is 5.80. The molecule has 18 heavy (non-hydrogen) atoms. The molecule has 1 atom stereocenters. The van der Waals surface area contributed by atoms with Gasteiger partial charge in [-0.15, -0.1) is 0 Å². The number of aryl methyl sites for hydroxylation is 1. The minimum Gasteiger partial charge on any atom is -0.267 e. The normalized spacial score (nSPS) is 21.9. The maximum absolute atomic E-state index is 12.0. The monoisotopic (exact) mass is 244 g/mol. The average molecular weight is 244 g/mol. The van der Waals surface area contributed by atoms with Crippen LogP contribution in [0.3, 0.4) is 0 Å². The third kappa shape index (κ3) is 3.19. The number of nitrogens with zero attached hydrogens (tertiary/aromatic N) is 1. The van der Waals surface area contributed by atoms with Crippen molar-refractivity contribution < 1.29 is 4.79 Å². The Morgan fingerprint density at radius 2 is 2.17 bits per heavy atom. The third-order valence-electron chi connectivity index (χ3n) is 3.45. The molecule has 0 aromatic heterocycles. The van der Waals surface area contributed by atoms with Crippen LogP contribution in [0.15, 0.2) is 29.4 Å². The average Bonchev–Trinajstić information content (AvgIpc) is 2.37. The molecule has 0 spiro atoms. The molecule has 0 unspecified atom stereocenters. The summed E-state index contributed by atoms with van der Waals surface area (Å²) in [5, 5.41) is 4.27. The highest BCUT2D eigenvalue weighted by Gasteiger charge is 2.14. The van der Waals surface area contributed by atoms with Crippen LogP contribution in [-0.2, 0) is 0 Å². The van der Waals surface area contributed by atoms with Crippen LogP contribution < -0.4 is 5.43 Å². The molecule has 1 aliphatic carbocycles. The summed E-state index contributed by atoms with van der Waals surface area (Å²) in [4.78, 5) is 12.0. The quantitative estimate of drug-likeness (QED) is 0.797. The van der Waals surface area contributed by atoms with Gasteiger partial charge in [-0.05, 0) is 50.2 Å². The van der Waals surface area contributed by atoms with Gasteiger partial charge in [0, 0.05) is 11.3 Å². The molecule has 1 aliphatic rings. The van der Waals surface area contributed by atoms with E-state index in [-0.39, 0.29) is 5.91 Å². The fraction of sp³-hybridized carbons (Fsp3) is 0.467. The van der Waals surface area contributed by atoms with Crippen LogP contribution in [0.25, 0.3) is 0 Å². The van der Waals surface area contributed by atoms with E-state index in [4.69, 9.17) is 0 Å². The standard InChI is InChI=1S/C15H20N2O/c1-11-6-5-8-13(10-11)16-17-15(18)14-9-4-3-7-12(14)2/h3-4,7,9,11H,5-6,8,10H2,1-2H3,(H,17,18)/b16-13-/t11-/m1/s1. The number of carbonyl (C=O) groups is 1. The summed E-state index contributed by atoms with van der Waals surface area (Å²) in [7, 11) is 0. The van der Waals surface area contributed by atoms with Gasteiger partial charge < -0.3 is 0 Å². The van der Waals surface area contributed by atoms with Crippen molar-refractivity contribution in [2.24, 2.45) is 11.0 Å². The first-order valence-electron chi connectivity index (χ1n) is 6.58. The lowest BCUT2D eigenvalue weighted by Crippen LogP contribution is -2.22. The van der Waals surface area contributed by atoms with Crippen LogP contribution in [0.2, 0.25) is 0 Å². The number of carbonyl (C=O) groups excluding carboxylic acids is 1. The summed E-state index contributed by atoms with van der Waals surface area (Å²) >= 11 is 0. The molecule has 0 aliphatic heterocycles. The molecule has 0 heterocycles. The first-order valence-corrected chi connectivity index (χ1v) is 6.58. The molecule has 1 aromatic rings. The molecular weight excluding hydrogens is 224 g/mol. The van der Waals surface area contributed by atoms with E-state index < -0.39 is 0 Å². The van der Waals surface area contributed by atoms with Crippen LogP contribution in [0.1, 0.15) is 48.5 Å². The van der Waals surface area contributed by atoms with E-state index in [2.05, 4.69) is 17.5 Å². The molecule has 1 amide bonds. The maximum Gasteiger partial charge on any atom is 0.271 e. The number of amides is 1. The smallest absolute Gasteiger partial charge is 0.267 e. The van der Waals surface area contributed by atoms with Crippen molar-refractivity contribution in [1.82, 2.24) is 5.43 Å². The Kier molecular flexibility index (Phi) is 4.13. The molecular formula is C15H20N2O. The van der Waals surface area contributed by atoms with Gasteiger partial charge in [-0.25, -0.2) is 5.43 Å². The van der Waals surface area contributed by atoms with Crippen molar-refractivity contribution in [1.29, 1.82) is 0 Å². The van der Waals surface area contributed by atoms with E-state index >= 15 is 0 Å². The fourth-order valence-corrected chi connectivity index (χ4v) is 2.38. The lowest BCUT2D eigenvalue weighted by Gasteiger charge is -2.19. The zero-order valence-electron chi connectivity index (χ0n) is 11.1. The van der Waals surface area contributed by atoms with Crippen molar-refractivity contribution in [2.45, 2.75) is 39.5 Å². The van der Waals surface area contributed by atoms with Crippen molar-refractivity contribution >= 4 is 11.6 Å². The zero-order valence-corrected chi connectivity index (χ0v) is 11.1. The zero-order chi connectivity index (χ0) is 13.0. The highest BCUT2D eigenvalue weighted by Crippen LogP contribution is 2.21. The Hall–Kier alpha value is -1.64. The molecule has 0 saturated heterocycles. The predicted molar refractivity (Wildman–Crippen MR) is 73.7 cm³/mol. The molecule has 0 radical (unpaired) electrons. The van der Waals surface area contributed by atoms with Gasteiger partial charge in [-0.1, -0.05) is 25.1 Å². The van der Waals surface area contributed by atoms with Crippen LogP contribution in [-0.4, -0.2) is 11.6 Å². The van der Waals surface area contributed by atoms with Crippen molar-refractivity contribution in [2.75, 3.05) is 0 Å². The molecule has 1 fully saturated rings. The van der Waals surface area contributed by atoms with E-state index in [0.29, 0.717) is 11.5 Å². The Bertz CT molecular complexity index is 465. The van der Waals surface area contributed by atoms with Crippen molar-refractivity contribution in [3.8, 4) is 0 Å². The van der Waals surface area contributed by atoms with E-state index in [1.807, 2.05) is 31.2 Å². The summed E-state index contributed by atoms with van der Waals surface area (Å²) in [6, 6.07) is 7.57. The van der Waals surface area contributed by atoms with Gasteiger partial charge in [-0.2, -0.15) is 5.10 Å². The Morgan fingerprint density at radius 3 is 2.89 bits per heavy atom. The van der Waals surface area contributed by atoms with Crippen LogP contribution in [0, 0.1) is 12.8 Å². The van der Waals surface area contributed by atoms with E-state index in [0.717, 1.165) is 24.1 Å². The SMILES string of the molecule is Cc1ccccc1C(=O)N/N=C1/CCC[C@@H](C)C1. The number of nitrogens with one attached hydrogen (secondary N) is 1. The first-order chi connectivity index (χ1) is 8.66. The van der Waals surface area contributed by atoms with Crippen LogP contribution >= 0.6 is 0 Å². The third-order valence-corrected chi connectivity index (χ3v) is 3.45. The molecule has 3 heteroatoms. The molecule has 0 bridgehead atoms. The van der Waals surface area contributed by atoms with Gasteiger partial charge in [0.1, 0.15) is 0 Å². The Balaban J connectivity index is 2.00. The fourth-order valence-electron chi connectivity index (χ4n) is 2.38. The summed E-state index contributed by atoms with van der Waals surface area (Å²) in [5.74, 6) is 0.576. The maximum atomic E-state index is 12.0. The van der Waals surface area contributed by atoms with Crippen molar-refractivity contribution in [3.63, 3.8) is 0 Å². The number of hydrogen-bond acceptors (Lipinski definition) is 2. The lowest BCUT2D eigenvalue weighted by molar-refractivity contribution is 0.0954. The minimum absolute atomic E-state index is 0.112. The minimum atomic E-state index is -0.112. The lowest BCUT2D eigenvalue weighted by atomic mass is 9.89. The summed E-state index contributed by atoms with van der Waals surface area (Å²) in [5.41, 5.74) is 5.48. The molecule has 2 rings (SSSR count). The number of hydrazone groups is 1. The van der Waals surface area contributed by atoms with E-state index in [1.165, 1.54) is 12.8 Å². The number of hydrogen-bond donors (Lipinski definition) is 1. The molecule has 1 aromatic carbocycles. The molecule has 1 N–H and O–H groups in total. The predicted octanol–water partition coefficient (Wildman–Crippen LogP) is 3.29. The van der Waals surface area contributed by atoms with Crippen LogP contribution in [0.5, 0.6) is 0 Å². The number of benzene rings is 1. The first kappa shape index (κ1) is 12.8. The molecule has 1 saturated carbocycles. The second-order valence-electron chi connectivity index (χ2n) is 5.14. The van der Waals surface area contributed by atoms with Gasteiger partial charge in [0.15, 0.2) is 0 Å². The van der Waals surface area contributed by atoms with Crippen molar-refractivity contribution in [3.05, 3.63) is 35.4 Å². The van der Waals surface area contributed by atoms with Crippen LogP contribution in [0.4, 0.5) is 0 Å². The summed E-state index contributed by atoms with van der Waals surface area (Å²) in [6.45, 7) is 4.17. The largest absolute Gasteiger partial charge is 0.271 e. The van der Waals surface area contributed by atoms with Gasteiger partial charge in [-0.3, -0.25) is 4.79 Å². The summed E-state index contributed by atoms with van der Waals surface area (Å²) < 4.78 is 0. The second-order valence-corrected chi connectivity index (χ2v) is 5.14. The van der Waals surface area contributed by atoms with Gasteiger partial charge in [0.2, 0.25) is 0 Å². The Morgan fingerprint density at radius 1 is 1.39 bits per heavy atom. The number of rotatable bonds is 2. The molecule has 3 nitrogen and oxygen atoms in total. The summed E-state index contributed by atoms with van der Waals surface area (Å²) in [6.07, 6.45) is 4.47. The van der Waals surface area contributed by atoms with Gasteiger partial charge in [0.25, 0.3) is 5.91 Å². The Labute approximate surface area is 108 Å². The highest BCUT2D eigenvalue weighted by atomic mass is 16.2. The van der Waals surface area contributed by atoms with E-state index in [1.54, 1.807) is 0 Å². The highest BCUT2D eigenvalue weighted by molar-refractivity contribution is 5.96. The van der Waals surface area contributed by atoms with E-state index in [9.17, 15) is 4.79 Å². The van der Waals surface area contributed by atoms with Gasteiger partial charge >= 0.3 is 0 Å². The molecule has 96 valence electrons. The van der Waals surface area contributed by atoms with Gasteiger partial charge in [0.05, 0.1) is 0 Å².